The lowest BCUT2D eigenvalue weighted by Crippen LogP contribution is -2.49. The molecule has 0 aromatic heterocycles. The molecule has 1 saturated heterocycles. The largest absolute Gasteiger partial charge is 0.336 e. The Morgan fingerprint density at radius 3 is 2.39 bits per heavy atom. The summed E-state index contributed by atoms with van der Waals surface area (Å²) in [4.78, 5) is 14.2. The van der Waals surface area contributed by atoms with Gasteiger partial charge in [0, 0.05) is 22.1 Å². The predicted molar refractivity (Wildman–Crippen MR) is 93.6 cm³/mol. The van der Waals surface area contributed by atoms with Crippen LogP contribution in [0.5, 0.6) is 0 Å². The van der Waals surface area contributed by atoms with Crippen molar-refractivity contribution in [2.45, 2.75) is 50.9 Å². The maximum atomic E-state index is 12.5. The monoisotopic (exact) mass is 377 g/mol. The van der Waals surface area contributed by atoms with E-state index in [1.54, 1.807) is 17.0 Å². The Hall–Kier alpha value is -0.780. The normalized spacial score (nSPS) is 22.2. The van der Waals surface area contributed by atoms with Crippen LogP contribution in [0.4, 0.5) is 0 Å². The van der Waals surface area contributed by atoms with E-state index in [9.17, 15) is 13.2 Å². The van der Waals surface area contributed by atoms with Crippen molar-refractivity contribution in [2.75, 3.05) is 5.75 Å². The fourth-order valence-electron chi connectivity index (χ4n) is 3.10. The molecule has 1 fully saturated rings. The van der Waals surface area contributed by atoms with Crippen LogP contribution in [0.1, 0.15) is 38.7 Å². The number of piperidine rings is 1. The molecule has 1 aliphatic heterocycles. The summed E-state index contributed by atoms with van der Waals surface area (Å²) in [6.07, 6.45) is 2.90. The second-order valence-electron chi connectivity index (χ2n) is 6.20. The Morgan fingerprint density at radius 1 is 1.22 bits per heavy atom. The van der Waals surface area contributed by atoms with Crippen LogP contribution in [-0.4, -0.2) is 37.1 Å². The van der Waals surface area contributed by atoms with Crippen LogP contribution in [0.2, 0.25) is 10.0 Å². The molecule has 23 heavy (non-hydrogen) atoms. The van der Waals surface area contributed by atoms with Gasteiger partial charge in [-0.25, -0.2) is 8.42 Å². The van der Waals surface area contributed by atoms with Gasteiger partial charge < -0.3 is 4.90 Å². The number of halogens is 2. The molecule has 2 atom stereocenters. The summed E-state index contributed by atoms with van der Waals surface area (Å²) in [5, 5.41) is 0.747. The zero-order valence-corrected chi connectivity index (χ0v) is 15.6. The number of hydrogen-bond acceptors (Lipinski definition) is 3. The number of carbonyl (C=O) groups is 1. The molecule has 1 aliphatic rings. The predicted octanol–water partition coefficient (Wildman–Crippen LogP) is 3.70. The Morgan fingerprint density at radius 2 is 1.83 bits per heavy atom. The second kappa shape index (κ2) is 7.41. The van der Waals surface area contributed by atoms with Crippen LogP contribution < -0.4 is 0 Å². The lowest BCUT2D eigenvalue weighted by atomic mass is 9.98. The highest BCUT2D eigenvalue weighted by atomic mass is 35.5. The maximum absolute atomic E-state index is 12.5. The van der Waals surface area contributed by atoms with Crippen LogP contribution in [-0.2, 0) is 20.4 Å². The fourth-order valence-corrected chi connectivity index (χ4v) is 5.01. The minimum atomic E-state index is -3.58. The van der Waals surface area contributed by atoms with E-state index in [1.807, 2.05) is 13.8 Å². The molecule has 4 nitrogen and oxygen atoms in total. The molecule has 0 bridgehead atoms. The molecular weight excluding hydrogens is 357 g/mol. The molecule has 0 aliphatic carbocycles. The molecule has 1 aromatic rings. The van der Waals surface area contributed by atoms with Gasteiger partial charge >= 0.3 is 0 Å². The summed E-state index contributed by atoms with van der Waals surface area (Å²) in [6.45, 7) is 3.94. The van der Waals surface area contributed by atoms with Crippen LogP contribution in [0, 0.1) is 0 Å². The Balaban J connectivity index is 2.09. The van der Waals surface area contributed by atoms with Gasteiger partial charge in [-0.15, -0.1) is 0 Å². The minimum absolute atomic E-state index is 0.0839. The van der Waals surface area contributed by atoms with Crippen molar-refractivity contribution >= 4 is 38.9 Å². The molecule has 0 radical (unpaired) electrons. The van der Waals surface area contributed by atoms with E-state index >= 15 is 0 Å². The third-order valence-corrected chi connectivity index (χ3v) is 6.24. The smallest absolute Gasteiger partial charge is 0.238 e. The number of carbonyl (C=O) groups excluding carboxylic acids is 1. The SMILES string of the molecule is C[C@@H]1CCC[C@@H](C)N1C(=O)CS(=O)(=O)Cc1ccc(Cl)cc1Cl. The van der Waals surface area contributed by atoms with Crippen molar-refractivity contribution < 1.29 is 13.2 Å². The van der Waals surface area contributed by atoms with Gasteiger partial charge in [0.2, 0.25) is 5.91 Å². The van der Waals surface area contributed by atoms with Crippen LogP contribution in [0.25, 0.3) is 0 Å². The number of amides is 1. The van der Waals surface area contributed by atoms with E-state index in [0.29, 0.717) is 15.6 Å². The molecule has 0 N–H and O–H groups in total. The molecule has 2 rings (SSSR count). The number of likely N-dealkylation sites (tertiary alicyclic amines) is 1. The van der Waals surface area contributed by atoms with Crippen molar-refractivity contribution in [2.24, 2.45) is 0 Å². The molecule has 128 valence electrons. The zero-order chi connectivity index (χ0) is 17.2. The lowest BCUT2D eigenvalue weighted by molar-refractivity contribution is -0.134. The molecule has 0 spiro atoms. The zero-order valence-electron chi connectivity index (χ0n) is 13.3. The van der Waals surface area contributed by atoms with E-state index < -0.39 is 15.6 Å². The number of benzene rings is 1. The van der Waals surface area contributed by atoms with Crippen molar-refractivity contribution in [1.82, 2.24) is 4.90 Å². The van der Waals surface area contributed by atoms with E-state index in [-0.39, 0.29) is 23.7 Å². The average molecular weight is 378 g/mol. The summed E-state index contributed by atoms with van der Waals surface area (Å²) < 4.78 is 24.7. The Kier molecular flexibility index (Phi) is 5.98. The van der Waals surface area contributed by atoms with Gasteiger partial charge in [0.05, 0.1) is 5.75 Å². The van der Waals surface area contributed by atoms with Crippen molar-refractivity contribution in [3.8, 4) is 0 Å². The summed E-state index contributed by atoms with van der Waals surface area (Å²) in [6, 6.07) is 4.85. The van der Waals surface area contributed by atoms with Crippen LogP contribution in [0.15, 0.2) is 18.2 Å². The van der Waals surface area contributed by atoms with Gasteiger partial charge in [-0.3, -0.25) is 4.79 Å². The van der Waals surface area contributed by atoms with E-state index in [2.05, 4.69) is 0 Å². The van der Waals surface area contributed by atoms with E-state index in [4.69, 9.17) is 23.2 Å². The van der Waals surface area contributed by atoms with Crippen molar-refractivity contribution in [3.63, 3.8) is 0 Å². The Labute approximate surface area is 147 Å². The Bertz CT molecular complexity index is 681. The molecule has 7 heteroatoms. The lowest BCUT2D eigenvalue weighted by Gasteiger charge is -2.39. The van der Waals surface area contributed by atoms with Gasteiger partial charge in [-0.2, -0.15) is 0 Å². The van der Waals surface area contributed by atoms with Crippen LogP contribution >= 0.6 is 23.2 Å². The highest BCUT2D eigenvalue weighted by Crippen LogP contribution is 2.25. The molecular formula is C16H21Cl2NO3S. The van der Waals surface area contributed by atoms with Crippen molar-refractivity contribution in [1.29, 1.82) is 0 Å². The molecule has 1 aromatic carbocycles. The summed E-state index contributed by atoms with van der Waals surface area (Å²) in [5.74, 6) is -1.07. The first-order valence-corrected chi connectivity index (χ1v) is 10.2. The second-order valence-corrected chi connectivity index (χ2v) is 9.11. The first kappa shape index (κ1) is 18.6. The molecule has 0 saturated carbocycles. The standard InChI is InChI=1S/C16H21Cl2NO3S/c1-11-4-3-5-12(2)19(11)16(20)10-23(21,22)9-13-6-7-14(17)8-15(13)18/h6-8,11-12H,3-5,9-10H2,1-2H3/t11-,12-/m1/s1. The van der Waals surface area contributed by atoms with Gasteiger partial charge in [0.25, 0.3) is 0 Å². The third kappa shape index (κ3) is 4.85. The quantitative estimate of drug-likeness (QED) is 0.803. The molecule has 1 amide bonds. The number of hydrogen-bond donors (Lipinski definition) is 0. The highest BCUT2D eigenvalue weighted by Gasteiger charge is 2.31. The van der Waals surface area contributed by atoms with Gasteiger partial charge in [-0.05, 0) is 50.8 Å². The molecule has 0 unspecified atom stereocenters. The first-order valence-electron chi connectivity index (χ1n) is 7.65. The molecule has 1 heterocycles. The third-order valence-electron chi connectivity index (χ3n) is 4.22. The summed E-state index contributed by atoms with van der Waals surface area (Å²) >= 11 is 11.8. The maximum Gasteiger partial charge on any atom is 0.238 e. The minimum Gasteiger partial charge on any atom is -0.336 e. The van der Waals surface area contributed by atoms with Gasteiger partial charge in [0.15, 0.2) is 9.84 Å². The average Bonchev–Trinajstić information content (AvgIpc) is 2.41. The van der Waals surface area contributed by atoms with E-state index in [1.165, 1.54) is 6.07 Å². The van der Waals surface area contributed by atoms with Crippen LogP contribution in [0.3, 0.4) is 0 Å². The van der Waals surface area contributed by atoms with Gasteiger partial charge in [-0.1, -0.05) is 29.3 Å². The van der Waals surface area contributed by atoms with Gasteiger partial charge in [0.1, 0.15) is 5.75 Å². The van der Waals surface area contributed by atoms with E-state index in [0.717, 1.165) is 19.3 Å². The number of nitrogens with zero attached hydrogens (tertiary/aromatic N) is 1. The summed E-state index contributed by atoms with van der Waals surface area (Å²) in [5.41, 5.74) is 0.462. The topological polar surface area (TPSA) is 54.5 Å². The van der Waals surface area contributed by atoms with Crippen molar-refractivity contribution in [3.05, 3.63) is 33.8 Å². The summed E-state index contributed by atoms with van der Waals surface area (Å²) in [7, 11) is -3.58. The number of rotatable bonds is 4. The number of sulfone groups is 1. The first-order chi connectivity index (χ1) is 10.7. The highest BCUT2D eigenvalue weighted by molar-refractivity contribution is 7.91. The fraction of sp³-hybridized carbons (Fsp3) is 0.562.